The Kier molecular flexibility index (Phi) is 2.18. The van der Waals surface area contributed by atoms with Crippen LogP contribution in [-0.2, 0) is 14.3 Å². The van der Waals surface area contributed by atoms with Gasteiger partial charge in [-0.2, -0.15) is 0 Å². The Morgan fingerprint density at radius 3 is 2.53 bits per heavy atom. The van der Waals surface area contributed by atoms with Gasteiger partial charge < -0.3 is 4.74 Å². The molecule has 1 fully saturated rings. The van der Waals surface area contributed by atoms with E-state index in [1.807, 2.05) is 42.5 Å². The van der Waals surface area contributed by atoms with Gasteiger partial charge >= 0.3 is 11.9 Å². The summed E-state index contributed by atoms with van der Waals surface area (Å²) in [6.45, 7) is 0. The fourth-order valence-electron chi connectivity index (χ4n) is 2.27. The number of fused-ring (bicyclic) bond motifs is 1. The second-order valence-corrected chi connectivity index (χ2v) is 4.12. The monoisotopic (exact) mass is 226 g/mol. The van der Waals surface area contributed by atoms with Gasteiger partial charge in [-0.3, -0.25) is 9.59 Å². The van der Waals surface area contributed by atoms with Gasteiger partial charge in [0, 0.05) is 0 Å². The number of hydrogen-bond acceptors (Lipinski definition) is 3. The van der Waals surface area contributed by atoms with Crippen LogP contribution in [0.15, 0.2) is 42.5 Å². The summed E-state index contributed by atoms with van der Waals surface area (Å²) < 4.78 is 4.60. The maximum Gasteiger partial charge on any atom is 0.321 e. The Morgan fingerprint density at radius 2 is 1.76 bits per heavy atom. The molecule has 0 amide bonds. The minimum Gasteiger partial charge on any atom is -0.393 e. The second-order valence-electron chi connectivity index (χ2n) is 4.12. The highest BCUT2D eigenvalue weighted by Gasteiger charge is 2.35. The third kappa shape index (κ3) is 1.60. The minimum absolute atomic E-state index is 0.146. The van der Waals surface area contributed by atoms with Crippen molar-refractivity contribution in [2.45, 2.75) is 12.3 Å². The van der Waals surface area contributed by atoms with Crippen molar-refractivity contribution in [1.29, 1.82) is 0 Å². The molecule has 0 saturated carbocycles. The highest BCUT2D eigenvalue weighted by molar-refractivity contribution is 6.01. The molecule has 3 rings (SSSR count). The molecule has 0 aromatic heterocycles. The lowest BCUT2D eigenvalue weighted by Crippen LogP contribution is -2.06. The summed E-state index contributed by atoms with van der Waals surface area (Å²) >= 11 is 0. The lowest BCUT2D eigenvalue weighted by molar-refractivity contribution is -0.152. The van der Waals surface area contributed by atoms with Crippen LogP contribution in [0.1, 0.15) is 17.9 Å². The van der Waals surface area contributed by atoms with E-state index in [1.165, 1.54) is 0 Å². The predicted molar refractivity (Wildman–Crippen MR) is 62.4 cm³/mol. The molecule has 1 saturated heterocycles. The van der Waals surface area contributed by atoms with Gasteiger partial charge in [-0.25, -0.2) is 0 Å². The minimum atomic E-state index is -0.450. The lowest BCUT2D eigenvalue weighted by Gasteiger charge is -2.09. The summed E-state index contributed by atoms with van der Waals surface area (Å²) in [5.74, 6) is -1.33. The number of ether oxygens (including phenoxy) is 1. The van der Waals surface area contributed by atoms with Gasteiger partial charge in [-0.05, 0) is 16.3 Å². The van der Waals surface area contributed by atoms with Crippen molar-refractivity contribution in [3.8, 4) is 0 Å². The molecule has 1 unspecified atom stereocenters. The quantitative estimate of drug-likeness (QED) is 0.554. The van der Waals surface area contributed by atoms with E-state index in [4.69, 9.17) is 0 Å². The van der Waals surface area contributed by atoms with Crippen LogP contribution in [0.4, 0.5) is 0 Å². The number of carbonyl (C=O) groups is 2. The topological polar surface area (TPSA) is 43.4 Å². The van der Waals surface area contributed by atoms with Gasteiger partial charge in [-0.1, -0.05) is 42.5 Å². The average molecular weight is 226 g/mol. The first kappa shape index (κ1) is 10.0. The number of carbonyl (C=O) groups excluding carboxylic acids is 2. The number of esters is 2. The number of rotatable bonds is 1. The summed E-state index contributed by atoms with van der Waals surface area (Å²) in [4.78, 5) is 22.7. The fraction of sp³-hybridized carbons (Fsp3) is 0.143. The zero-order chi connectivity index (χ0) is 11.8. The zero-order valence-electron chi connectivity index (χ0n) is 9.05. The maximum atomic E-state index is 11.6. The molecule has 1 heterocycles. The van der Waals surface area contributed by atoms with Gasteiger partial charge in [-0.15, -0.1) is 0 Å². The highest BCUT2D eigenvalue weighted by atomic mass is 16.6. The van der Waals surface area contributed by atoms with Gasteiger partial charge in [0.1, 0.15) is 0 Å². The molecule has 2 aromatic rings. The first-order valence-electron chi connectivity index (χ1n) is 5.48. The third-order valence-corrected chi connectivity index (χ3v) is 3.07. The van der Waals surface area contributed by atoms with E-state index in [-0.39, 0.29) is 6.42 Å². The van der Waals surface area contributed by atoms with E-state index in [1.54, 1.807) is 0 Å². The number of hydrogen-bond donors (Lipinski definition) is 0. The smallest absolute Gasteiger partial charge is 0.321 e. The highest BCUT2D eigenvalue weighted by Crippen LogP contribution is 2.32. The van der Waals surface area contributed by atoms with Gasteiger partial charge in [0.15, 0.2) is 0 Å². The van der Waals surface area contributed by atoms with Crippen molar-refractivity contribution in [1.82, 2.24) is 0 Å². The van der Waals surface area contributed by atoms with Crippen molar-refractivity contribution in [3.63, 3.8) is 0 Å². The molecule has 3 heteroatoms. The summed E-state index contributed by atoms with van der Waals surface area (Å²) in [7, 11) is 0. The molecule has 0 bridgehead atoms. The standard InChI is InChI=1S/C14H10O3/c15-13-8-12(14(16)17-13)11-7-3-5-9-4-1-2-6-10(9)11/h1-7,12H,8H2. The van der Waals surface area contributed by atoms with Crippen LogP contribution < -0.4 is 0 Å². The van der Waals surface area contributed by atoms with E-state index >= 15 is 0 Å². The summed E-state index contributed by atoms with van der Waals surface area (Å²) in [5, 5.41) is 2.07. The van der Waals surface area contributed by atoms with Crippen molar-refractivity contribution >= 4 is 22.7 Å². The zero-order valence-corrected chi connectivity index (χ0v) is 9.05. The van der Waals surface area contributed by atoms with Gasteiger partial charge in [0.05, 0.1) is 12.3 Å². The van der Waals surface area contributed by atoms with Crippen molar-refractivity contribution in [3.05, 3.63) is 48.0 Å². The Morgan fingerprint density at radius 1 is 1.00 bits per heavy atom. The molecule has 17 heavy (non-hydrogen) atoms. The molecule has 0 spiro atoms. The number of cyclic esters (lactones) is 2. The largest absolute Gasteiger partial charge is 0.393 e. The molecule has 0 N–H and O–H groups in total. The molecule has 2 aromatic carbocycles. The van der Waals surface area contributed by atoms with Crippen LogP contribution in [0.3, 0.4) is 0 Å². The van der Waals surface area contributed by atoms with Crippen LogP contribution >= 0.6 is 0 Å². The molecular formula is C14H10O3. The van der Waals surface area contributed by atoms with Crippen molar-refractivity contribution in [2.75, 3.05) is 0 Å². The first-order valence-corrected chi connectivity index (χ1v) is 5.48. The summed E-state index contributed by atoms with van der Waals surface area (Å²) in [5.41, 5.74) is 0.874. The SMILES string of the molecule is O=C1CC(c2cccc3ccccc23)C(=O)O1. The molecule has 84 valence electrons. The third-order valence-electron chi connectivity index (χ3n) is 3.07. The van der Waals surface area contributed by atoms with E-state index < -0.39 is 17.9 Å². The van der Waals surface area contributed by atoms with E-state index in [9.17, 15) is 9.59 Å². The van der Waals surface area contributed by atoms with E-state index in [2.05, 4.69) is 4.74 Å². The van der Waals surface area contributed by atoms with Gasteiger partial charge in [0.25, 0.3) is 0 Å². The summed E-state index contributed by atoms with van der Waals surface area (Å²) in [6.07, 6.45) is 0.146. The molecule has 1 aliphatic rings. The first-order chi connectivity index (χ1) is 8.25. The van der Waals surface area contributed by atoms with Crippen LogP contribution in [0.25, 0.3) is 10.8 Å². The average Bonchev–Trinajstić information content (AvgIpc) is 2.68. The predicted octanol–water partition coefficient (Wildman–Crippen LogP) is 2.40. The van der Waals surface area contributed by atoms with E-state index in [0.717, 1.165) is 16.3 Å². The molecule has 0 radical (unpaired) electrons. The van der Waals surface area contributed by atoms with Gasteiger partial charge in [0.2, 0.25) is 0 Å². The van der Waals surface area contributed by atoms with Crippen molar-refractivity contribution in [2.24, 2.45) is 0 Å². The molecular weight excluding hydrogens is 216 g/mol. The van der Waals surface area contributed by atoms with E-state index in [0.29, 0.717) is 0 Å². The lowest BCUT2D eigenvalue weighted by atomic mass is 9.92. The Bertz CT molecular complexity index is 610. The van der Waals surface area contributed by atoms with Crippen LogP contribution in [0.2, 0.25) is 0 Å². The molecule has 1 atom stereocenters. The fourth-order valence-corrected chi connectivity index (χ4v) is 2.27. The normalized spacial score (nSPS) is 19.6. The summed E-state index contributed by atoms with van der Waals surface area (Å²) in [6, 6.07) is 13.6. The van der Waals surface area contributed by atoms with Crippen LogP contribution in [0.5, 0.6) is 0 Å². The van der Waals surface area contributed by atoms with Crippen LogP contribution in [-0.4, -0.2) is 11.9 Å². The molecule has 1 aliphatic heterocycles. The molecule has 0 aliphatic carbocycles. The second kappa shape index (κ2) is 3.70. The molecule has 3 nitrogen and oxygen atoms in total. The Balaban J connectivity index is 2.17. The Labute approximate surface area is 98.0 Å². The van der Waals surface area contributed by atoms with Crippen molar-refractivity contribution < 1.29 is 14.3 Å². The maximum absolute atomic E-state index is 11.6. The Hall–Kier alpha value is -2.16. The van der Waals surface area contributed by atoms with Crippen LogP contribution in [0, 0.1) is 0 Å². The number of benzene rings is 2.